The van der Waals surface area contributed by atoms with Crippen LogP contribution in [0.25, 0.3) is 11.2 Å². The molecule has 2 aromatic rings. The number of imidazole rings is 1. The van der Waals surface area contributed by atoms with E-state index in [1.807, 2.05) is 0 Å². The third-order valence-corrected chi connectivity index (χ3v) is 20.0. The van der Waals surface area contributed by atoms with E-state index < -0.39 is 56.4 Å². The number of carbonyl (C=O) groups excluding carboxylic acids is 1. The average Bonchev–Trinajstić information content (AvgIpc) is 3.32. The molecule has 0 aromatic carbocycles. The predicted octanol–water partition coefficient (Wildman–Crippen LogP) is 3.92. The molecule has 0 aliphatic carbocycles. The number of nitrogens with one attached hydrogen (secondary N) is 2. The smallest absolute Gasteiger partial charge is 0.280 e. The maximum Gasteiger partial charge on any atom is 0.280 e. The molecule has 0 bridgehead atoms. The molecule has 1 fully saturated rings. The van der Waals surface area contributed by atoms with Gasteiger partial charge in [0, 0.05) is 0 Å². The van der Waals surface area contributed by atoms with Gasteiger partial charge in [0.25, 0.3) is 11.5 Å². The van der Waals surface area contributed by atoms with Crippen molar-refractivity contribution in [3.63, 3.8) is 0 Å². The number of hydrogen-bond donors (Lipinski definition) is 4. The van der Waals surface area contributed by atoms with Crippen molar-refractivity contribution in [3.05, 3.63) is 16.7 Å². The Bertz CT molecular complexity index is 1290. The number of aromatic nitrogens is 4. The molecule has 39 heavy (non-hydrogen) atoms. The quantitative estimate of drug-likeness (QED) is 0.268. The van der Waals surface area contributed by atoms with Gasteiger partial charge in [0.1, 0.15) is 17.4 Å². The second kappa shape index (κ2) is 10.5. The van der Waals surface area contributed by atoms with Gasteiger partial charge in [-0.25, -0.2) is 4.98 Å². The topological polar surface area (TPSA) is 152 Å². The maximum atomic E-state index is 12.9. The summed E-state index contributed by atoms with van der Waals surface area (Å²) in [6, 6.07) is 0. The van der Waals surface area contributed by atoms with E-state index in [9.17, 15) is 19.8 Å². The van der Waals surface area contributed by atoms with Crippen molar-refractivity contribution in [3.8, 4) is 0 Å². The molecule has 11 nitrogen and oxygen atoms in total. The lowest BCUT2D eigenvalue weighted by atomic mass is 10.1. The number of amides is 1. The number of aliphatic hydroxyl groups is 2. The van der Waals surface area contributed by atoms with Gasteiger partial charge in [0.15, 0.2) is 30.5 Å². The number of carbonyl (C=O) groups is 1. The van der Waals surface area contributed by atoms with Crippen LogP contribution in [0.15, 0.2) is 11.1 Å². The Labute approximate surface area is 240 Å². The summed E-state index contributed by atoms with van der Waals surface area (Å²) in [6.45, 7) is 20.4. The Balaban J connectivity index is 2.28. The van der Waals surface area contributed by atoms with Crippen molar-refractivity contribution in [2.45, 2.75) is 106 Å². The number of H-pyrrole nitrogens is 1. The van der Waals surface area contributed by atoms with Crippen LogP contribution in [0.5, 0.6) is 0 Å². The number of aromatic amines is 1. The third-order valence-electron chi connectivity index (χ3n) is 8.86. The molecule has 1 aliphatic rings. The Kier molecular flexibility index (Phi) is 8.67. The van der Waals surface area contributed by atoms with Gasteiger partial charge in [-0.3, -0.25) is 24.5 Å². The molecule has 15 heteroatoms. The van der Waals surface area contributed by atoms with Gasteiger partial charge < -0.3 is 19.4 Å². The van der Waals surface area contributed by atoms with Gasteiger partial charge >= 0.3 is 0 Å². The summed E-state index contributed by atoms with van der Waals surface area (Å²) in [5.74, 6) is -0.961. The van der Waals surface area contributed by atoms with Crippen LogP contribution in [0.4, 0.5) is 5.95 Å². The molecule has 3 rings (SSSR count). The number of hydrogen-bond acceptors (Lipinski definition) is 8. The summed E-state index contributed by atoms with van der Waals surface area (Å²) < 4.78 is 14.7. The van der Waals surface area contributed by atoms with Crippen LogP contribution >= 0.6 is 23.2 Å². The van der Waals surface area contributed by atoms with E-state index >= 15 is 0 Å². The highest BCUT2D eigenvalue weighted by atomic mass is 35.5. The highest BCUT2D eigenvalue weighted by molar-refractivity contribution is 6.83. The first-order valence-electron chi connectivity index (χ1n) is 12.8. The van der Waals surface area contributed by atoms with E-state index in [0.717, 1.165) is 0 Å². The molecule has 0 saturated carbocycles. The van der Waals surface area contributed by atoms with Crippen molar-refractivity contribution in [1.82, 2.24) is 19.5 Å². The molecule has 2 aromatic heterocycles. The fourth-order valence-corrected chi connectivity index (χ4v) is 8.96. The van der Waals surface area contributed by atoms with Crippen LogP contribution in [-0.2, 0) is 14.0 Å². The SMILES string of the molecule is CC(C)(C)[Si](C)(C)O[C@@H]1[C@@H](CO)O[C@@H](n2cnc3c(=O)[nH]c(NC(=O)C(Cl)Cl)nc32)[C@@]1(O)[Si](C)(C)C(C)(C)C. The number of fused-ring (bicyclic) bond motifs is 1. The summed E-state index contributed by atoms with van der Waals surface area (Å²) in [5.41, 5.74) is -0.560. The number of alkyl halides is 2. The van der Waals surface area contributed by atoms with E-state index in [4.69, 9.17) is 32.4 Å². The van der Waals surface area contributed by atoms with Crippen molar-refractivity contribution >= 4 is 62.6 Å². The van der Waals surface area contributed by atoms with Gasteiger partial charge in [-0.15, -0.1) is 0 Å². The van der Waals surface area contributed by atoms with Crippen LogP contribution in [0, 0.1) is 0 Å². The van der Waals surface area contributed by atoms with Crippen molar-refractivity contribution in [2.24, 2.45) is 0 Å². The zero-order valence-corrected chi connectivity index (χ0v) is 27.7. The molecular formula is C24H41Cl2N5O6Si2. The lowest BCUT2D eigenvalue weighted by Crippen LogP contribution is -2.69. The van der Waals surface area contributed by atoms with Crippen LogP contribution < -0.4 is 10.9 Å². The number of ether oxygens (including phenoxy) is 1. The molecule has 0 spiro atoms. The summed E-state index contributed by atoms with van der Waals surface area (Å²) in [5, 5.41) is 23.7. The lowest BCUT2D eigenvalue weighted by Gasteiger charge is -2.53. The van der Waals surface area contributed by atoms with Crippen LogP contribution in [0.3, 0.4) is 0 Å². The normalized spacial score (nSPS) is 25.1. The van der Waals surface area contributed by atoms with Crippen molar-refractivity contribution in [2.75, 3.05) is 11.9 Å². The number of anilines is 1. The number of halogens is 2. The van der Waals surface area contributed by atoms with Gasteiger partial charge in [-0.1, -0.05) is 77.8 Å². The van der Waals surface area contributed by atoms with Crippen LogP contribution in [0.2, 0.25) is 36.3 Å². The minimum atomic E-state index is -2.80. The molecule has 1 saturated heterocycles. The minimum Gasteiger partial charge on any atom is -0.408 e. The highest BCUT2D eigenvalue weighted by Crippen LogP contribution is 2.55. The van der Waals surface area contributed by atoms with Crippen molar-refractivity contribution < 1.29 is 24.2 Å². The molecule has 0 unspecified atom stereocenters. The first-order chi connectivity index (χ1) is 17.6. The highest BCUT2D eigenvalue weighted by Gasteiger charge is 2.69. The van der Waals surface area contributed by atoms with E-state index in [1.54, 1.807) is 0 Å². The molecular weight excluding hydrogens is 581 g/mol. The van der Waals surface area contributed by atoms with Gasteiger partial charge in [0.05, 0.1) is 21.0 Å². The first kappa shape index (κ1) is 32.2. The minimum absolute atomic E-state index is 0.0169. The standard InChI is InChI=1S/C24H41Cl2N5O6Si2/c1-22(2,3)38(7,8)24(35)15(37-39(9,10)23(4,5)6)13(11-32)36-20(24)31-12-27-14-17(31)28-21(29-18(14)33)30-19(34)16(25)26/h12-13,15-16,20,32,35H,11H2,1-10H3,(H2,28,29,30,33,34)/t13-,15-,20-,24+/m1/s1. The zero-order valence-electron chi connectivity index (χ0n) is 24.2. The molecule has 4 atom stereocenters. The number of rotatable bonds is 7. The summed E-state index contributed by atoms with van der Waals surface area (Å²) in [7, 11) is -5.27. The summed E-state index contributed by atoms with van der Waals surface area (Å²) in [4.78, 5) is 34.6. The largest absolute Gasteiger partial charge is 0.408 e. The van der Waals surface area contributed by atoms with E-state index in [-0.39, 0.29) is 33.8 Å². The summed E-state index contributed by atoms with van der Waals surface area (Å²) in [6.07, 6.45) is -1.44. The Morgan fingerprint density at radius 3 is 2.31 bits per heavy atom. The fraction of sp³-hybridized carbons (Fsp3) is 0.750. The van der Waals surface area contributed by atoms with Gasteiger partial charge in [-0.2, -0.15) is 4.98 Å². The fourth-order valence-electron chi connectivity index (χ4n) is 4.43. The maximum absolute atomic E-state index is 12.9. The zero-order chi connectivity index (χ0) is 29.9. The molecule has 1 aliphatic heterocycles. The lowest BCUT2D eigenvalue weighted by molar-refractivity contribution is -0.114. The molecule has 220 valence electrons. The summed E-state index contributed by atoms with van der Waals surface area (Å²) >= 11 is 11.3. The third kappa shape index (κ3) is 5.48. The Hall–Kier alpha value is -1.33. The molecule has 0 radical (unpaired) electrons. The average molecular weight is 623 g/mol. The number of nitrogens with zero attached hydrogens (tertiary/aromatic N) is 3. The van der Waals surface area contributed by atoms with Gasteiger partial charge in [0.2, 0.25) is 5.95 Å². The molecule has 1 amide bonds. The number of aliphatic hydroxyl groups excluding tert-OH is 1. The Morgan fingerprint density at radius 1 is 1.23 bits per heavy atom. The van der Waals surface area contributed by atoms with E-state index in [2.05, 4.69) is 88.0 Å². The van der Waals surface area contributed by atoms with Crippen molar-refractivity contribution in [1.29, 1.82) is 0 Å². The first-order valence-corrected chi connectivity index (χ1v) is 19.6. The predicted molar refractivity (Wildman–Crippen MR) is 157 cm³/mol. The van der Waals surface area contributed by atoms with E-state index in [0.29, 0.717) is 0 Å². The van der Waals surface area contributed by atoms with Crippen LogP contribution in [0.1, 0.15) is 47.8 Å². The second-order valence-electron chi connectivity index (χ2n) is 13.2. The van der Waals surface area contributed by atoms with Gasteiger partial charge in [-0.05, 0) is 23.2 Å². The van der Waals surface area contributed by atoms with E-state index in [1.165, 1.54) is 10.9 Å². The molecule has 3 heterocycles. The second-order valence-corrected chi connectivity index (χ2v) is 24.6. The monoisotopic (exact) mass is 621 g/mol. The Morgan fingerprint density at radius 2 is 1.82 bits per heavy atom. The van der Waals surface area contributed by atoms with Crippen LogP contribution in [-0.4, -0.2) is 80.9 Å². The molecule has 4 N–H and O–H groups in total.